The zero-order valence-electron chi connectivity index (χ0n) is 9.11. The van der Waals surface area contributed by atoms with Crippen LogP contribution in [-0.4, -0.2) is 4.98 Å². The van der Waals surface area contributed by atoms with E-state index in [1.807, 2.05) is 24.4 Å². The van der Waals surface area contributed by atoms with Crippen LogP contribution in [0.5, 0.6) is 0 Å². The first kappa shape index (κ1) is 9.59. The maximum absolute atomic E-state index is 4.37. The summed E-state index contributed by atoms with van der Waals surface area (Å²) in [6, 6.07) is 12.6. The molecule has 2 aromatic rings. The Bertz CT molecular complexity index is 488. The molecule has 0 unspecified atom stereocenters. The average molecular weight is 207 g/mol. The Morgan fingerprint density at radius 1 is 1.12 bits per heavy atom. The summed E-state index contributed by atoms with van der Waals surface area (Å²) in [5, 5.41) is 0. The van der Waals surface area contributed by atoms with E-state index >= 15 is 0 Å². The zero-order valence-corrected chi connectivity index (χ0v) is 9.11. The van der Waals surface area contributed by atoms with Crippen LogP contribution in [0.25, 0.3) is 11.3 Å². The second-order valence-electron chi connectivity index (χ2n) is 4.12. The first-order valence-corrected chi connectivity index (χ1v) is 5.72. The summed E-state index contributed by atoms with van der Waals surface area (Å²) in [4.78, 5) is 4.37. The average Bonchev–Trinajstić information content (AvgIpc) is 2.39. The lowest BCUT2D eigenvalue weighted by atomic mass is 9.90. The van der Waals surface area contributed by atoms with Gasteiger partial charge in [0, 0.05) is 18.2 Å². The van der Waals surface area contributed by atoms with E-state index in [1.165, 1.54) is 29.5 Å². The summed E-state index contributed by atoms with van der Waals surface area (Å²) in [6.07, 6.45) is 8.78. The minimum atomic E-state index is 1.04. The van der Waals surface area contributed by atoms with Gasteiger partial charge in [0.1, 0.15) is 0 Å². The minimum Gasteiger partial charge on any atom is -0.256 e. The number of pyridine rings is 1. The number of aryl methyl sites for hydroxylation is 1. The lowest BCUT2D eigenvalue weighted by Gasteiger charge is -2.15. The van der Waals surface area contributed by atoms with Crippen LogP contribution < -0.4 is 0 Å². The quantitative estimate of drug-likeness (QED) is 0.697. The fourth-order valence-corrected chi connectivity index (χ4v) is 2.15. The number of rotatable bonds is 1. The lowest BCUT2D eigenvalue weighted by Crippen LogP contribution is -2.00. The van der Waals surface area contributed by atoms with E-state index in [1.54, 1.807) is 0 Å². The molecule has 0 saturated heterocycles. The van der Waals surface area contributed by atoms with Gasteiger partial charge in [-0.05, 0) is 48.6 Å². The Morgan fingerprint density at radius 2 is 2.12 bits per heavy atom. The van der Waals surface area contributed by atoms with Gasteiger partial charge in [-0.15, -0.1) is 0 Å². The SMILES string of the molecule is [C]1CCCc2ccc(-c3ccccn3)cc21. The van der Waals surface area contributed by atoms with Crippen LogP contribution in [0.4, 0.5) is 0 Å². The van der Waals surface area contributed by atoms with E-state index in [4.69, 9.17) is 0 Å². The van der Waals surface area contributed by atoms with Crippen molar-refractivity contribution in [2.45, 2.75) is 19.3 Å². The number of aromatic nitrogens is 1. The standard InChI is InChI=1S/C15H13N/c1-2-6-13-11-14(9-8-12(13)5-1)15-7-3-4-10-16-15/h3-4,7-11H,1-2,5H2. The van der Waals surface area contributed by atoms with Crippen molar-refractivity contribution in [1.29, 1.82) is 0 Å². The van der Waals surface area contributed by atoms with Crippen LogP contribution in [0.2, 0.25) is 0 Å². The molecule has 0 spiro atoms. The summed E-state index contributed by atoms with van der Waals surface area (Å²) in [5.74, 6) is 0. The van der Waals surface area contributed by atoms with E-state index in [-0.39, 0.29) is 0 Å². The van der Waals surface area contributed by atoms with Crippen molar-refractivity contribution in [2.75, 3.05) is 0 Å². The molecule has 0 amide bonds. The van der Waals surface area contributed by atoms with Gasteiger partial charge in [0.15, 0.2) is 0 Å². The van der Waals surface area contributed by atoms with Crippen molar-refractivity contribution in [2.24, 2.45) is 0 Å². The Balaban J connectivity index is 2.03. The predicted molar refractivity (Wildman–Crippen MR) is 65.0 cm³/mol. The molecule has 16 heavy (non-hydrogen) atoms. The second kappa shape index (κ2) is 4.09. The van der Waals surface area contributed by atoms with Gasteiger partial charge in [0.05, 0.1) is 5.69 Å². The van der Waals surface area contributed by atoms with Gasteiger partial charge in [0.25, 0.3) is 0 Å². The Hall–Kier alpha value is -1.63. The third-order valence-corrected chi connectivity index (χ3v) is 3.01. The molecule has 1 nitrogen and oxygen atoms in total. The zero-order chi connectivity index (χ0) is 10.8. The molecule has 0 bridgehead atoms. The number of hydrogen-bond donors (Lipinski definition) is 0. The molecule has 2 radical (unpaired) electrons. The van der Waals surface area contributed by atoms with Crippen molar-refractivity contribution in [3.8, 4) is 11.3 Å². The van der Waals surface area contributed by atoms with Gasteiger partial charge in [0.2, 0.25) is 0 Å². The third kappa shape index (κ3) is 1.73. The first-order chi connectivity index (χ1) is 7.93. The van der Waals surface area contributed by atoms with Crippen LogP contribution in [0, 0.1) is 6.42 Å². The maximum atomic E-state index is 4.37. The summed E-state index contributed by atoms with van der Waals surface area (Å²) >= 11 is 0. The minimum absolute atomic E-state index is 1.04. The fraction of sp³-hybridized carbons (Fsp3) is 0.200. The second-order valence-corrected chi connectivity index (χ2v) is 4.12. The molecule has 1 heteroatoms. The van der Waals surface area contributed by atoms with E-state index in [0.29, 0.717) is 0 Å². The van der Waals surface area contributed by atoms with Crippen LogP contribution in [-0.2, 0) is 6.42 Å². The molecule has 0 aliphatic heterocycles. The van der Waals surface area contributed by atoms with Gasteiger partial charge < -0.3 is 0 Å². The molecule has 1 aromatic heterocycles. The largest absolute Gasteiger partial charge is 0.256 e. The normalized spacial score (nSPS) is 14.5. The molecule has 3 rings (SSSR count). The maximum Gasteiger partial charge on any atom is 0.0702 e. The number of fused-ring (bicyclic) bond motifs is 1. The van der Waals surface area contributed by atoms with Crippen LogP contribution in [0.15, 0.2) is 42.6 Å². The summed E-state index contributed by atoms with van der Waals surface area (Å²) in [7, 11) is 0. The van der Waals surface area contributed by atoms with Crippen LogP contribution in [0.1, 0.15) is 24.0 Å². The highest BCUT2D eigenvalue weighted by Gasteiger charge is 2.10. The van der Waals surface area contributed by atoms with Gasteiger partial charge >= 0.3 is 0 Å². The van der Waals surface area contributed by atoms with Crippen molar-refractivity contribution in [3.63, 3.8) is 0 Å². The molecule has 0 fully saturated rings. The van der Waals surface area contributed by atoms with Gasteiger partial charge in [-0.3, -0.25) is 4.98 Å². The van der Waals surface area contributed by atoms with Crippen molar-refractivity contribution in [1.82, 2.24) is 4.98 Å². The van der Waals surface area contributed by atoms with Gasteiger partial charge in [-0.2, -0.15) is 0 Å². The summed E-state index contributed by atoms with van der Waals surface area (Å²) in [6.45, 7) is 0. The topological polar surface area (TPSA) is 12.9 Å². The van der Waals surface area contributed by atoms with E-state index in [9.17, 15) is 0 Å². The highest BCUT2D eigenvalue weighted by Crippen LogP contribution is 2.27. The molecular formula is C15H13N. The molecule has 0 N–H and O–H groups in total. The summed E-state index contributed by atoms with van der Waals surface area (Å²) < 4.78 is 0. The molecule has 1 aromatic carbocycles. The van der Waals surface area contributed by atoms with Crippen LogP contribution in [0.3, 0.4) is 0 Å². The Kier molecular flexibility index (Phi) is 2.45. The highest BCUT2D eigenvalue weighted by molar-refractivity contribution is 5.62. The van der Waals surface area contributed by atoms with Crippen molar-refractivity contribution >= 4 is 0 Å². The molecular weight excluding hydrogens is 194 g/mol. The number of benzene rings is 1. The first-order valence-electron chi connectivity index (χ1n) is 5.72. The molecule has 1 aliphatic carbocycles. The van der Waals surface area contributed by atoms with Gasteiger partial charge in [-0.25, -0.2) is 0 Å². The molecule has 0 atom stereocenters. The molecule has 78 valence electrons. The predicted octanol–water partition coefficient (Wildman–Crippen LogP) is 3.51. The number of hydrogen-bond acceptors (Lipinski definition) is 1. The highest BCUT2D eigenvalue weighted by atomic mass is 14.7. The Labute approximate surface area is 96.2 Å². The van der Waals surface area contributed by atoms with E-state index in [2.05, 4.69) is 29.6 Å². The lowest BCUT2D eigenvalue weighted by molar-refractivity contribution is 0.775. The number of nitrogens with zero attached hydrogens (tertiary/aromatic N) is 1. The molecule has 1 aliphatic rings. The van der Waals surface area contributed by atoms with E-state index < -0.39 is 0 Å². The summed E-state index contributed by atoms with van der Waals surface area (Å²) in [5.41, 5.74) is 4.92. The van der Waals surface area contributed by atoms with Crippen molar-refractivity contribution in [3.05, 3.63) is 60.1 Å². The molecule has 1 heterocycles. The smallest absolute Gasteiger partial charge is 0.0702 e. The molecule has 0 saturated carbocycles. The van der Waals surface area contributed by atoms with Gasteiger partial charge in [-0.1, -0.05) is 18.2 Å². The Morgan fingerprint density at radius 3 is 3.00 bits per heavy atom. The van der Waals surface area contributed by atoms with Crippen molar-refractivity contribution < 1.29 is 0 Å². The van der Waals surface area contributed by atoms with E-state index in [0.717, 1.165) is 12.1 Å². The monoisotopic (exact) mass is 207 g/mol. The third-order valence-electron chi connectivity index (χ3n) is 3.01. The van der Waals surface area contributed by atoms with Crippen LogP contribution >= 0.6 is 0 Å². The fourth-order valence-electron chi connectivity index (χ4n) is 2.15.